The van der Waals surface area contributed by atoms with Crippen molar-refractivity contribution in [3.63, 3.8) is 0 Å². The van der Waals surface area contributed by atoms with Gasteiger partial charge in [0.25, 0.3) is 0 Å². The van der Waals surface area contributed by atoms with E-state index in [0.29, 0.717) is 12.1 Å². The molecule has 1 aliphatic heterocycles. The maximum Gasteiger partial charge on any atom is 0.310 e. The van der Waals surface area contributed by atoms with Crippen LogP contribution in [-0.2, 0) is 9.53 Å². The molecule has 1 heterocycles. The summed E-state index contributed by atoms with van der Waals surface area (Å²) in [5, 5.41) is 4.13. The van der Waals surface area contributed by atoms with Crippen LogP contribution in [0, 0.1) is 5.92 Å². The minimum Gasteiger partial charge on any atom is -0.453 e. The van der Waals surface area contributed by atoms with E-state index in [2.05, 4.69) is 29.7 Å². The van der Waals surface area contributed by atoms with Crippen LogP contribution in [0.15, 0.2) is 5.10 Å². The fourth-order valence-corrected chi connectivity index (χ4v) is 1.99. The van der Waals surface area contributed by atoms with Gasteiger partial charge in [-0.2, -0.15) is 5.10 Å². The molecule has 0 aliphatic carbocycles. The zero-order valence-electron chi connectivity index (χ0n) is 10.4. The summed E-state index contributed by atoms with van der Waals surface area (Å²) in [4.78, 5) is 11.7. The largest absolute Gasteiger partial charge is 0.453 e. The van der Waals surface area contributed by atoms with E-state index < -0.39 is 5.60 Å². The van der Waals surface area contributed by atoms with Crippen molar-refractivity contribution in [2.75, 3.05) is 0 Å². The Balaban J connectivity index is 2.73. The molecule has 96 valence electrons. The number of rotatable bonds is 4. The van der Waals surface area contributed by atoms with Crippen molar-refractivity contribution in [3.8, 4) is 0 Å². The zero-order chi connectivity index (χ0) is 13.1. The van der Waals surface area contributed by atoms with Crippen LogP contribution in [0.3, 0.4) is 0 Å². The first-order valence-corrected chi connectivity index (χ1v) is 6.13. The summed E-state index contributed by atoms with van der Waals surface area (Å²) in [6, 6.07) is 0. The number of nitrogens with zero attached hydrogens (tertiary/aromatic N) is 1. The number of carbonyl (C=O) groups is 1. The molecule has 1 rings (SSSR count). The van der Waals surface area contributed by atoms with Gasteiger partial charge in [0.1, 0.15) is 5.60 Å². The summed E-state index contributed by atoms with van der Waals surface area (Å²) in [6.45, 7) is 5.71. The summed E-state index contributed by atoms with van der Waals surface area (Å²) in [5.41, 5.74) is 7.84. The molecule has 0 saturated carbocycles. The zero-order valence-corrected chi connectivity index (χ0v) is 11.3. The molecule has 6 heteroatoms. The molecule has 2 atom stereocenters. The Hall–Kier alpha value is -1.17. The van der Waals surface area contributed by atoms with E-state index in [1.165, 1.54) is 0 Å². The molecule has 17 heavy (non-hydrogen) atoms. The van der Waals surface area contributed by atoms with Crippen LogP contribution < -0.4 is 11.2 Å². The number of hydrazone groups is 1. The number of hydrogen-bond acceptors (Lipinski definition) is 4. The summed E-state index contributed by atoms with van der Waals surface area (Å²) >= 11 is 4.66. The molecule has 0 aromatic rings. The summed E-state index contributed by atoms with van der Waals surface area (Å²) in [5.74, 6) is -0.167. The lowest BCUT2D eigenvalue weighted by Crippen LogP contribution is -2.36. The molecule has 5 nitrogen and oxygen atoms in total. The van der Waals surface area contributed by atoms with Crippen LogP contribution in [0.1, 0.15) is 40.0 Å². The molecule has 0 radical (unpaired) electrons. The molecular formula is C11H19N3O2S. The molecule has 0 aromatic carbocycles. The Bertz CT molecular complexity index is 357. The number of hydrogen-bond donors (Lipinski definition) is 2. The summed E-state index contributed by atoms with van der Waals surface area (Å²) < 4.78 is 5.41. The number of thiocarbonyl (C=S) groups is 1. The van der Waals surface area contributed by atoms with Gasteiger partial charge in [-0.05, 0) is 32.5 Å². The van der Waals surface area contributed by atoms with E-state index in [0.717, 1.165) is 12.8 Å². The molecule has 0 bridgehead atoms. The second kappa shape index (κ2) is 5.44. The highest BCUT2D eigenvalue weighted by Gasteiger charge is 2.45. The van der Waals surface area contributed by atoms with Gasteiger partial charge >= 0.3 is 5.97 Å². The number of cyclic esters (lactones) is 1. The molecular weight excluding hydrogens is 238 g/mol. The maximum absolute atomic E-state index is 11.7. The smallest absolute Gasteiger partial charge is 0.310 e. The van der Waals surface area contributed by atoms with Crippen LogP contribution in [0.5, 0.6) is 0 Å². The van der Waals surface area contributed by atoms with Crippen molar-refractivity contribution in [3.05, 3.63) is 0 Å². The molecule has 1 saturated heterocycles. The van der Waals surface area contributed by atoms with Crippen LogP contribution in [-0.4, -0.2) is 22.4 Å². The normalized spacial score (nSPS) is 29.0. The Kier molecular flexibility index (Phi) is 4.45. The number of esters is 1. The Labute approximate surface area is 107 Å². The Morgan fingerprint density at radius 3 is 2.94 bits per heavy atom. The van der Waals surface area contributed by atoms with Gasteiger partial charge in [-0.25, -0.2) is 0 Å². The van der Waals surface area contributed by atoms with E-state index in [1.807, 2.05) is 6.92 Å². The van der Waals surface area contributed by atoms with Crippen molar-refractivity contribution >= 4 is 29.0 Å². The first kappa shape index (κ1) is 13.9. The van der Waals surface area contributed by atoms with Crippen LogP contribution in [0.25, 0.3) is 0 Å². The number of nitrogens with one attached hydrogen (secondary N) is 1. The Morgan fingerprint density at radius 2 is 2.41 bits per heavy atom. The van der Waals surface area contributed by atoms with Gasteiger partial charge in [-0.3, -0.25) is 10.2 Å². The van der Waals surface area contributed by atoms with Crippen molar-refractivity contribution in [2.24, 2.45) is 16.8 Å². The van der Waals surface area contributed by atoms with Gasteiger partial charge < -0.3 is 10.5 Å². The lowest BCUT2D eigenvalue weighted by atomic mass is 9.90. The molecule has 0 unspecified atom stereocenters. The molecule has 1 fully saturated rings. The predicted octanol–water partition coefficient (Wildman–Crippen LogP) is 1.32. The SMILES string of the molecule is CCC[C@H]1C[C@@](C)(/C(C)=N/NC(N)=S)OC1=O. The quantitative estimate of drug-likeness (QED) is 0.344. The minimum atomic E-state index is -0.644. The van der Waals surface area contributed by atoms with Crippen LogP contribution >= 0.6 is 12.2 Å². The standard InChI is InChI=1S/C11H19N3O2S/c1-4-5-8-6-11(3,16-9(8)15)7(2)13-14-10(12)17/h8H,4-6H2,1-3H3,(H3,12,14,17)/b13-7+/t8-,11-/m0/s1. The predicted molar refractivity (Wildman–Crippen MR) is 70.5 cm³/mol. The molecule has 3 N–H and O–H groups in total. The fraction of sp³-hybridized carbons (Fsp3) is 0.727. The highest BCUT2D eigenvalue weighted by molar-refractivity contribution is 7.80. The minimum absolute atomic E-state index is 0.0278. The third-order valence-corrected chi connectivity index (χ3v) is 3.12. The van der Waals surface area contributed by atoms with E-state index in [9.17, 15) is 4.79 Å². The van der Waals surface area contributed by atoms with Gasteiger partial charge in [0.05, 0.1) is 11.6 Å². The van der Waals surface area contributed by atoms with Crippen molar-refractivity contribution in [1.82, 2.24) is 5.43 Å². The van der Waals surface area contributed by atoms with Gasteiger partial charge in [0.15, 0.2) is 5.11 Å². The average molecular weight is 257 g/mol. The van der Waals surface area contributed by atoms with Crippen molar-refractivity contribution in [2.45, 2.75) is 45.6 Å². The Morgan fingerprint density at radius 1 is 1.76 bits per heavy atom. The number of ether oxygens (including phenoxy) is 1. The topological polar surface area (TPSA) is 76.7 Å². The van der Waals surface area contributed by atoms with Crippen molar-refractivity contribution < 1.29 is 9.53 Å². The first-order chi connectivity index (χ1) is 7.89. The van der Waals surface area contributed by atoms with Gasteiger partial charge in [-0.1, -0.05) is 13.3 Å². The summed E-state index contributed by atoms with van der Waals surface area (Å²) in [7, 11) is 0. The molecule has 0 spiro atoms. The fourth-order valence-electron chi connectivity index (χ4n) is 1.95. The average Bonchev–Trinajstić information content (AvgIpc) is 2.52. The van der Waals surface area contributed by atoms with Gasteiger partial charge in [0, 0.05) is 6.42 Å². The van der Waals surface area contributed by atoms with E-state index in [4.69, 9.17) is 10.5 Å². The van der Waals surface area contributed by atoms with E-state index in [1.54, 1.807) is 6.92 Å². The summed E-state index contributed by atoms with van der Waals surface area (Å²) in [6.07, 6.45) is 2.48. The van der Waals surface area contributed by atoms with E-state index >= 15 is 0 Å². The number of carbonyl (C=O) groups excluding carboxylic acids is 1. The third-order valence-electron chi connectivity index (χ3n) is 3.03. The van der Waals surface area contributed by atoms with Crippen LogP contribution in [0.4, 0.5) is 0 Å². The molecule has 1 aliphatic rings. The van der Waals surface area contributed by atoms with Crippen LogP contribution in [0.2, 0.25) is 0 Å². The lowest BCUT2D eigenvalue weighted by molar-refractivity contribution is -0.146. The third kappa shape index (κ3) is 3.39. The second-order valence-electron chi connectivity index (χ2n) is 4.51. The first-order valence-electron chi connectivity index (χ1n) is 5.72. The second-order valence-corrected chi connectivity index (χ2v) is 4.95. The molecule has 0 aromatic heterocycles. The highest BCUT2D eigenvalue weighted by Crippen LogP contribution is 2.34. The van der Waals surface area contributed by atoms with Gasteiger partial charge in [-0.15, -0.1) is 0 Å². The monoisotopic (exact) mass is 257 g/mol. The number of nitrogens with two attached hydrogens (primary N) is 1. The lowest BCUT2D eigenvalue weighted by Gasteiger charge is -2.22. The van der Waals surface area contributed by atoms with E-state index in [-0.39, 0.29) is 17.0 Å². The molecule has 0 amide bonds. The highest BCUT2D eigenvalue weighted by atomic mass is 32.1. The van der Waals surface area contributed by atoms with Crippen molar-refractivity contribution in [1.29, 1.82) is 0 Å². The van der Waals surface area contributed by atoms with Gasteiger partial charge in [0.2, 0.25) is 0 Å². The maximum atomic E-state index is 11.7.